The second kappa shape index (κ2) is 5.56. The van der Waals surface area contributed by atoms with Crippen LogP contribution in [-0.4, -0.2) is 24.4 Å². The molecule has 1 N–H and O–H groups in total. The Morgan fingerprint density at radius 2 is 2.17 bits per heavy atom. The molecule has 18 heavy (non-hydrogen) atoms. The zero-order valence-corrected chi connectivity index (χ0v) is 13.5. The average Bonchev–Trinajstić information content (AvgIpc) is 2.44. The van der Waals surface area contributed by atoms with Gasteiger partial charge < -0.3 is 10.2 Å². The van der Waals surface area contributed by atoms with Gasteiger partial charge in [0, 0.05) is 26.7 Å². The van der Waals surface area contributed by atoms with E-state index in [1.54, 1.807) is 11.8 Å². The van der Waals surface area contributed by atoms with Gasteiger partial charge in [-0.15, -0.1) is 0 Å². The van der Waals surface area contributed by atoms with Gasteiger partial charge in [-0.25, -0.2) is 0 Å². The summed E-state index contributed by atoms with van der Waals surface area (Å²) in [5, 5.41) is 2.68. The van der Waals surface area contributed by atoms with E-state index in [0.29, 0.717) is 13.0 Å². The fourth-order valence-electron chi connectivity index (χ4n) is 1.84. The molecule has 1 atom stereocenters. The van der Waals surface area contributed by atoms with Crippen LogP contribution in [0.1, 0.15) is 13.3 Å². The van der Waals surface area contributed by atoms with Gasteiger partial charge in [-0.3, -0.25) is 9.59 Å². The van der Waals surface area contributed by atoms with Crippen LogP contribution in [0.3, 0.4) is 0 Å². The van der Waals surface area contributed by atoms with Gasteiger partial charge >= 0.3 is 0 Å². The summed E-state index contributed by atoms with van der Waals surface area (Å²) in [6.45, 7) is 2.13. The molecule has 1 fully saturated rings. The van der Waals surface area contributed by atoms with Gasteiger partial charge in [0.05, 0.1) is 0 Å². The monoisotopic (exact) mass is 422 g/mol. The van der Waals surface area contributed by atoms with Gasteiger partial charge in [0.1, 0.15) is 6.04 Å². The molecule has 2 rings (SSSR count). The summed E-state index contributed by atoms with van der Waals surface area (Å²) in [6.07, 6.45) is 0.336. The lowest BCUT2D eigenvalue weighted by Crippen LogP contribution is -2.42. The molecular weight excluding hydrogens is 411 g/mol. The predicted octanol–water partition coefficient (Wildman–Crippen LogP) is 2.30. The minimum Gasteiger partial charge on any atom is -0.345 e. The normalized spacial score (nSPS) is 20.6. The van der Waals surface area contributed by atoms with Crippen molar-refractivity contribution in [2.24, 2.45) is 0 Å². The molecular formula is C12H12BrIN2O2. The van der Waals surface area contributed by atoms with Crippen LogP contribution >= 0.6 is 38.5 Å². The van der Waals surface area contributed by atoms with E-state index in [0.717, 1.165) is 13.7 Å². The molecule has 0 saturated carbocycles. The second-order valence-electron chi connectivity index (χ2n) is 4.13. The van der Waals surface area contributed by atoms with E-state index in [1.807, 2.05) is 18.2 Å². The first-order valence-electron chi connectivity index (χ1n) is 5.55. The summed E-state index contributed by atoms with van der Waals surface area (Å²) in [4.78, 5) is 25.3. The van der Waals surface area contributed by atoms with Gasteiger partial charge in [0.25, 0.3) is 0 Å². The lowest BCUT2D eigenvalue weighted by atomic mass is 10.2. The number of halogens is 2. The number of benzene rings is 1. The smallest absolute Gasteiger partial charge is 0.249 e. The lowest BCUT2D eigenvalue weighted by molar-refractivity contribution is -0.125. The molecule has 0 spiro atoms. The number of rotatable bonds is 1. The molecule has 1 aromatic rings. The molecule has 0 bridgehead atoms. The highest BCUT2D eigenvalue weighted by atomic mass is 127. The maximum Gasteiger partial charge on any atom is 0.249 e. The van der Waals surface area contributed by atoms with E-state index in [1.165, 1.54) is 0 Å². The molecule has 96 valence electrons. The number of nitrogens with zero attached hydrogens (tertiary/aromatic N) is 1. The second-order valence-corrected chi connectivity index (χ2v) is 6.14. The largest absolute Gasteiger partial charge is 0.345 e. The summed E-state index contributed by atoms with van der Waals surface area (Å²) < 4.78 is 2.03. The summed E-state index contributed by atoms with van der Waals surface area (Å²) in [5.41, 5.74) is 0.830. The highest BCUT2D eigenvalue weighted by Crippen LogP contribution is 2.26. The molecule has 6 heteroatoms. The Morgan fingerprint density at radius 3 is 2.83 bits per heavy atom. The first-order valence-corrected chi connectivity index (χ1v) is 7.42. The Hall–Kier alpha value is -0.630. The van der Waals surface area contributed by atoms with Gasteiger partial charge in [-0.1, -0.05) is 0 Å². The fraction of sp³-hybridized carbons (Fsp3) is 0.333. The van der Waals surface area contributed by atoms with Crippen molar-refractivity contribution < 1.29 is 9.59 Å². The van der Waals surface area contributed by atoms with Crippen LogP contribution in [0.2, 0.25) is 0 Å². The van der Waals surface area contributed by atoms with E-state index >= 15 is 0 Å². The van der Waals surface area contributed by atoms with Crippen LogP contribution in [0.4, 0.5) is 5.69 Å². The van der Waals surface area contributed by atoms with Gasteiger partial charge in [0.2, 0.25) is 11.8 Å². The molecule has 4 nitrogen and oxygen atoms in total. The molecule has 1 aliphatic rings. The average molecular weight is 423 g/mol. The summed E-state index contributed by atoms with van der Waals surface area (Å²) in [7, 11) is 0. The predicted molar refractivity (Wildman–Crippen MR) is 81.4 cm³/mol. The van der Waals surface area contributed by atoms with Gasteiger partial charge in [-0.2, -0.15) is 0 Å². The van der Waals surface area contributed by atoms with Crippen molar-refractivity contribution >= 4 is 56.0 Å². The molecule has 1 aromatic carbocycles. The Kier molecular flexibility index (Phi) is 4.26. The van der Waals surface area contributed by atoms with Crippen molar-refractivity contribution in [1.82, 2.24) is 5.32 Å². The number of carbonyl (C=O) groups excluding carboxylic acids is 2. The third-order valence-electron chi connectivity index (χ3n) is 2.79. The van der Waals surface area contributed by atoms with E-state index in [4.69, 9.17) is 0 Å². The maximum atomic E-state index is 12.2. The van der Waals surface area contributed by atoms with E-state index < -0.39 is 6.04 Å². The van der Waals surface area contributed by atoms with E-state index in [2.05, 4.69) is 43.8 Å². The van der Waals surface area contributed by atoms with Crippen LogP contribution in [0, 0.1) is 3.57 Å². The van der Waals surface area contributed by atoms with E-state index in [-0.39, 0.29) is 11.8 Å². The molecule has 1 aliphatic heterocycles. The summed E-state index contributed by atoms with van der Waals surface area (Å²) in [6, 6.07) is 5.26. The first kappa shape index (κ1) is 13.8. The first-order chi connectivity index (χ1) is 8.49. The SMILES string of the molecule is CC1NC(=O)CCN(c2ccc(Br)c(I)c2)C1=O. The molecule has 0 radical (unpaired) electrons. The lowest BCUT2D eigenvalue weighted by Gasteiger charge is -2.22. The van der Waals surface area contributed by atoms with Crippen LogP contribution in [0.5, 0.6) is 0 Å². The number of hydrogen-bond donors (Lipinski definition) is 1. The Balaban J connectivity index is 2.33. The number of anilines is 1. The van der Waals surface area contributed by atoms with Gasteiger partial charge in [0.15, 0.2) is 0 Å². The van der Waals surface area contributed by atoms with Crippen molar-refractivity contribution in [2.45, 2.75) is 19.4 Å². The number of hydrogen-bond acceptors (Lipinski definition) is 2. The van der Waals surface area contributed by atoms with Crippen molar-refractivity contribution in [1.29, 1.82) is 0 Å². The Bertz CT molecular complexity index is 507. The topological polar surface area (TPSA) is 49.4 Å². The molecule has 1 unspecified atom stereocenters. The number of carbonyl (C=O) groups is 2. The third-order valence-corrected chi connectivity index (χ3v) is 5.12. The molecule has 1 saturated heterocycles. The minimum absolute atomic E-state index is 0.0704. The zero-order chi connectivity index (χ0) is 13.3. The Labute approximate surface area is 127 Å². The van der Waals surface area contributed by atoms with Crippen molar-refractivity contribution in [3.63, 3.8) is 0 Å². The fourth-order valence-corrected chi connectivity index (χ4v) is 2.59. The standard InChI is InChI=1S/C12H12BrIN2O2/c1-7-12(18)16(5-4-11(17)15-7)8-2-3-9(13)10(14)6-8/h2-3,6-7H,4-5H2,1H3,(H,15,17). The van der Waals surface area contributed by atoms with Crippen molar-refractivity contribution in [3.05, 3.63) is 26.2 Å². The zero-order valence-electron chi connectivity index (χ0n) is 9.74. The third kappa shape index (κ3) is 2.85. The molecule has 1 heterocycles. The van der Waals surface area contributed by atoms with Gasteiger partial charge in [-0.05, 0) is 63.6 Å². The van der Waals surface area contributed by atoms with Crippen LogP contribution in [0.25, 0.3) is 0 Å². The van der Waals surface area contributed by atoms with Crippen molar-refractivity contribution in [2.75, 3.05) is 11.4 Å². The number of nitrogens with one attached hydrogen (secondary N) is 1. The summed E-state index contributed by atoms with van der Waals surface area (Å²) >= 11 is 5.63. The highest BCUT2D eigenvalue weighted by molar-refractivity contribution is 14.1. The molecule has 2 amide bonds. The van der Waals surface area contributed by atoms with Crippen LogP contribution in [-0.2, 0) is 9.59 Å². The number of amides is 2. The van der Waals surface area contributed by atoms with Crippen molar-refractivity contribution in [3.8, 4) is 0 Å². The quantitative estimate of drug-likeness (QED) is 0.706. The minimum atomic E-state index is -0.471. The maximum absolute atomic E-state index is 12.2. The van der Waals surface area contributed by atoms with Crippen LogP contribution < -0.4 is 10.2 Å². The molecule has 0 aromatic heterocycles. The molecule has 0 aliphatic carbocycles. The van der Waals surface area contributed by atoms with E-state index in [9.17, 15) is 9.59 Å². The van der Waals surface area contributed by atoms with Crippen LogP contribution in [0.15, 0.2) is 22.7 Å². The highest BCUT2D eigenvalue weighted by Gasteiger charge is 2.27. The summed E-state index contributed by atoms with van der Waals surface area (Å²) in [5.74, 6) is -0.149. The Morgan fingerprint density at radius 1 is 1.44 bits per heavy atom.